The quantitative estimate of drug-likeness (QED) is 0.670. The van der Waals surface area contributed by atoms with Crippen LogP contribution < -0.4 is 10.1 Å². The highest BCUT2D eigenvalue weighted by Gasteiger charge is 2.09. The van der Waals surface area contributed by atoms with Crippen LogP contribution in [0.4, 0.5) is 5.69 Å². The van der Waals surface area contributed by atoms with Gasteiger partial charge in [-0.2, -0.15) is 4.98 Å². The molecule has 0 fully saturated rings. The maximum atomic E-state index is 5.97. The van der Waals surface area contributed by atoms with Crippen molar-refractivity contribution in [1.29, 1.82) is 0 Å². The summed E-state index contributed by atoms with van der Waals surface area (Å²) in [5.74, 6) is 2.70. The highest BCUT2D eigenvalue weighted by molar-refractivity contribution is 5.59. The van der Waals surface area contributed by atoms with Crippen LogP contribution in [-0.2, 0) is 17.7 Å². The second-order valence-corrected chi connectivity index (χ2v) is 5.62. The van der Waals surface area contributed by atoms with Gasteiger partial charge in [0.1, 0.15) is 5.75 Å². The maximum absolute atomic E-state index is 5.97. The Bertz CT molecular complexity index is 803. The molecule has 0 radical (unpaired) electrons. The number of ether oxygens (including phenoxy) is 2. The molecule has 0 saturated heterocycles. The van der Waals surface area contributed by atoms with E-state index in [1.807, 2.05) is 55.5 Å². The Balaban J connectivity index is 1.69. The lowest BCUT2D eigenvalue weighted by Gasteiger charge is -2.13. The van der Waals surface area contributed by atoms with Crippen molar-refractivity contribution in [2.45, 2.75) is 19.9 Å². The third-order valence-corrected chi connectivity index (χ3v) is 3.58. The Hall–Kier alpha value is -2.86. The van der Waals surface area contributed by atoms with E-state index < -0.39 is 0 Å². The van der Waals surface area contributed by atoms with Crippen molar-refractivity contribution in [3.05, 3.63) is 65.8 Å². The maximum Gasteiger partial charge on any atom is 0.245 e. The number of anilines is 1. The summed E-state index contributed by atoms with van der Waals surface area (Å²) in [6, 6.07) is 15.7. The predicted octanol–water partition coefficient (Wildman–Crippen LogP) is 3.97. The van der Waals surface area contributed by atoms with Crippen LogP contribution in [0.2, 0.25) is 0 Å². The van der Waals surface area contributed by atoms with Crippen molar-refractivity contribution in [2.75, 3.05) is 19.0 Å². The van der Waals surface area contributed by atoms with Gasteiger partial charge >= 0.3 is 0 Å². The Morgan fingerprint density at radius 3 is 2.76 bits per heavy atom. The molecule has 130 valence electrons. The number of rotatable bonds is 8. The van der Waals surface area contributed by atoms with Gasteiger partial charge in [-0.3, -0.25) is 0 Å². The standard InChI is InChI=1S/C19H21N3O3/c1-14-8-9-17(24-15-6-4-3-5-7-15)16(12-14)20-13-19-21-18(22-25-19)10-11-23-2/h3-9,12,20H,10-11,13H2,1-2H3. The van der Waals surface area contributed by atoms with Crippen LogP contribution in [0.1, 0.15) is 17.3 Å². The topological polar surface area (TPSA) is 69.4 Å². The highest BCUT2D eigenvalue weighted by Crippen LogP contribution is 2.30. The molecule has 1 heterocycles. The van der Waals surface area contributed by atoms with Crippen LogP contribution in [0.25, 0.3) is 0 Å². The summed E-state index contributed by atoms with van der Waals surface area (Å²) in [5.41, 5.74) is 2.01. The summed E-state index contributed by atoms with van der Waals surface area (Å²) in [6.45, 7) is 3.03. The molecule has 6 nitrogen and oxygen atoms in total. The molecular weight excluding hydrogens is 318 g/mol. The first-order valence-corrected chi connectivity index (χ1v) is 8.12. The summed E-state index contributed by atoms with van der Waals surface area (Å²) in [6.07, 6.45) is 0.632. The SMILES string of the molecule is COCCc1noc(CNc2cc(C)ccc2Oc2ccccc2)n1. The fraction of sp³-hybridized carbons (Fsp3) is 0.263. The van der Waals surface area contributed by atoms with Crippen LogP contribution in [0.5, 0.6) is 11.5 Å². The average molecular weight is 339 g/mol. The first-order valence-electron chi connectivity index (χ1n) is 8.12. The highest BCUT2D eigenvalue weighted by atomic mass is 16.5. The normalized spacial score (nSPS) is 10.6. The Kier molecular flexibility index (Phi) is 5.64. The second kappa shape index (κ2) is 8.30. The molecule has 0 unspecified atom stereocenters. The molecule has 0 saturated carbocycles. The molecular formula is C19H21N3O3. The number of aromatic nitrogens is 2. The van der Waals surface area contributed by atoms with Crippen molar-refractivity contribution < 1.29 is 14.0 Å². The van der Waals surface area contributed by atoms with E-state index in [0.717, 1.165) is 22.7 Å². The van der Waals surface area contributed by atoms with Crippen LogP contribution in [0.3, 0.4) is 0 Å². The van der Waals surface area contributed by atoms with Gasteiger partial charge in [-0.15, -0.1) is 0 Å². The van der Waals surface area contributed by atoms with Gasteiger partial charge in [-0.1, -0.05) is 29.4 Å². The van der Waals surface area contributed by atoms with E-state index in [9.17, 15) is 0 Å². The van der Waals surface area contributed by atoms with Gasteiger partial charge in [0.2, 0.25) is 5.89 Å². The summed E-state index contributed by atoms with van der Waals surface area (Å²) < 4.78 is 16.2. The van der Waals surface area contributed by atoms with E-state index in [2.05, 4.69) is 15.5 Å². The van der Waals surface area contributed by atoms with Crippen LogP contribution in [0.15, 0.2) is 53.1 Å². The van der Waals surface area contributed by atoms with Crippen molar-refractivity contribution >= 4 is 5.69 Å². The van der Waals surface area contributed by atoms with E-state index in [4.69, 9.17) is 14.0 Å². The first-order chi connectivity index (χ1) is 12.2. The molecule has 1 N–H and O–H groups in total. The zero-order valence-corrected chi connectivity index (χ0v) is 14.4. The zero-order chi connectivity index (χ0) is 17.5. The minimum atomic E-state index is 0.425. The van der Waals surface area contributed by atoms with Gasteiger partial charge in [0.15, 0.2) is 11.6 Å². The van der Waals surface area contributed by atoms with Gasteiger partial charge in [-0.05, 0) is 36.8 Å². The van der Waals surface area contributed by atoms with E-state index in [-0.39, 0.29) is 0 Å². The number of hydrogen-bond donors (Lipinski definition) is 1. The molecule has 6 heteroatoms. The fourth-order valence-corrected chi connectivity index (χ4v) is 2.31. The number of aryl methyl sites for hydroxylation is 1. The fourth-order valence-electron chi connectivity index (χ4n) is 2.31. The number of nitrogens with one attached hydrogen (secondary N) is 1. The second-order valence-electron chi connectivity index (χ2n) is 5.62. The van der Waals surface area contributed by atoms with Crippen LogP contribution in [-0.4, -0.2) is 23.9 Å². The Morgan fingerprint density at radius 1 is 1.12 bits per heavy atom. The molecule has 0 bridgehead atoms. The predicted molar refractivity (Wildman–Crippen MR) is 94.9 cm³/mol. The molecule has 3 rings (SSSR count). The number of nitrogens with zero attached hydrogens (tertiary/aromatic N) is 2. The van der Waals surface area contributed by atoms with E-state index in [1.165, 1.54) is 0 Å². The third-order valence-electron chi connectivity index (χ3n) is 3.58. The third kappa shape index (κ3) is 4.81. The number of benzene rings is 2. The van der Waals surface area contributed by atoms with E-state index in [1.54, 1.807) is 7.11 Å². The van der Waals surface area contributed by atoms with Gasteiger partial charge in [0, 0.05) is 13.5 Å². The Labute approximate surface area is 146 Å². The Morgan fingerprint density at radius 2 is 1.96 bits per heavy atom. The minimum Gasteiger partial charge on any atom is -0.455 e. The lowest BCUT2D eigenvalue weighted by atomic mass is 10.2. The van der Waals surface area contributed by atoms with Gasteiger partial charge in [0.25, 0.3) is 0 Å². The summed E-state index contributed by atoms with van der Waals surface area (Å²) in [4.78, 5) is 4.34. The lowest BCUT2D eigenvalue weighted by Crippen LogP contribution is -2.02. The van der Waals surface area contributed by atoms with Gasteiger partial charge in [0.05, 0.1) is 18.8 Å². The summed E-state index contributed by atoms with van der Waals surface area (Å²) >= 11 is 0. The number of para-hydroxylation sites is 1. The van der Waals surface area contributed by atoms with E-state index >= 15 is 0 Å². The molecule has 0 spiro atoms. The van der Waals surface area contributed by atoms with Crippen LogP contribution >= 0.6 is 0 Å². The molecule has 0 atom stereocenters. The van der Waals surface area contributed by atoms with Crippen LogP contribution in [0, 0.1) is 6.92 Å². The number of methoxy groups -OCH3 is 1. The molecule has 1 aromatic heterocycles. The smallest absolute Gasteiger partial charge is 0.245 e. The lowest BCUT2D eigenvalue weighted by molar-refractivity contribution is 0.199. The first kappa shape index (κ1) is 17.0. The molecule has 0 aliphatic rings. The monoisotopic (exact) mass is 339 g/mol. The molecule has 3 aromatic rings. The molecule has 0 aliphatic carbocycles. The summed E-state index contributed by atoms with van der Waals surface area (Å²) in [7, 11) is 1.65. The molecule has 0 aliphatic heterocycles. The van der Waals surface area contributed by atoms with Crippen molar-refractivity contribution in [3.8, 4) is 11.5 Å². The van der Waals surface area contributed by atoms with Gasteiger partial charge < -0.3 is 19.3 Å². The minimum absolute atomic E-state index is 0.425. The number of hydrogen-bond acceptors (Lipinski definition) is 6. The molecule has 25 heavy (non-hydrogen) atoms. The van der Waals surface area contributed by atoms with Crippen molar-refractivity contribution in [2.24, 2.45) is 0 Å². The summed E-state index contributed by atoms with van der Waals surface area (Å²) in [5, 5.41) is 7.24. The van der Waals surface area contributed by atoms with Crippen molar-refractivity contribution in [1.82, 2.24) is 10.1 Å². The largest absolute Gasteiger partial charge is 0.455 e. The zero-order valence-electron chi connectivity index (χ0n) is 14.4. The van der Waals surface area contributed by atoms with Gasteiger partial charge in [-0.25, -0.2) is 0 Å². The van der Waals surface area contributed by atoms with E-state index in [0.29, 0.717) is 31.3 Å². The average Bonchev–Trinajstić information content (AvgIpc) is 3.09. The molecule has 2 aromatic carbocycles. The van der Waals surface area contributed by atoms with Crippen molar-refractivity contribution in [3.63, 3.8) is 0 Å². The molecule has 0 amide bonds.